The maximum absolute atomic E-state index is 13.4. The van der Waals surface area contributed by atoms with E-state index in [4.69, 9.17) is 9.52 Å². The number of benzene rings is 1. The Morgan fingerprint density at radius 3 is 2.20 bits per heavy atom. The largest absolute Gasteiger partial charge is 0.478 e. The number of nitrogens with zero attached hydrogens (tertiary/aromatic N) is 1. The normalized spacial score (nSPS) is 12.4. The van der Waals surface area contributed by atoms with Gasteiger partial charge in [0.15, 0.2) is 5.76 Å². The summed E-state index contributed by atoms with van der Waals surface area (Å²) in [5.41, 5.74) is -4.02. The van der Waals surface area contributed by atoms with Gasteiger partial charge in [-0.25, -0.2) is 9.59 Å². The quantitative estimate of drug-likeness (QED) is 0.591. The molecule has 0 aliphatic carbocycles. The summed E-state index contributed by atoms with van der Waals surface area (Å²) in [6, 6.07) is 3.63. The minimum atomic E-state index is -5.00. The molecule has 0 fully saturated rings. The Kier molecular flexibility index (Phi) is 5.04. The van der Waals surface area contributed by atoms with Gasteiger partial charge >= 0.3 is 24.1 Å². The number of carboxylic acid groups (broad SMARTS) is 1. The van der Waals surface area contributed by atoms with Crippen LogP contribution >= 0.6 is 0 Å². The number of hydrogen-bond acceptors (Lipinski definition) is 3. The zero-order valence-corrected chi connectivity index (χ0v) is 15.0. The van der Waals surface area contributed by atoms with Gasteiger partial charge in [0.2, 0.25) is 0 Å². The molecule has 1 aromatic carbocycles. The van der Waals surface area contributed by atoms with Gasteiger partial charge in [-0.05, 0) is 19.1 Å². The predicted molar refractivity (Wildman–Crippen MR) is 90.0 cm³/mol. The summed E-state index contributed by atoms with van der Waals surface area (Å²) in [6.07, 6.45) is -8.54. The Bertz CT molecular complexity index is 1150. The van der Waals surface area contributed by atoms with E-state index in [9.17, 15) is 35.9 Å². The summed E-state index contributed by atoms with van der Waals surface area (Å²) in [7, 11) is 0. The van der Waals surface area contributed by atoms with Crippen LogP contribution in [0.4, 0.5) is 26.3 Å². The van der Waals surface area contributed by atoms with E-state index in [1.165, 1.54) is 0 Å². The van der Waals surface area contributed by atoms with Crippen molar-refractivity contribution in [3.8, 4) is 11.3 Å². The third-order valence-corrected chi connectivity index (χ3v) is 4.29. The monoisotopic (exact) mass is 434 g/mol. The van der Waals surface area contributed by atoms with Gasteiger partial charge in [-0.3, -0.25) is 4.57 Å². The van der Waals surface area contributed by atoms with Gasteiger partial charge in [0.1, 0.15) is 0 Å². The number of aromatic carboxylic acids is 1. The number of nitrogens with one attached hydrogen (secondary N) is 1. The minimum absolute atomic E-state index is 0.101. The maximum Gasteiger partial charge on any atom is 0.419 e. The van der Waals surface area contributed by atoms with Crippen LogP contribution in [-0.2, 0) is 18.9 Å². The van der Waals surface area contributed by atoms with Gasteiger partial charge in [0.25, 0.3) is 0 Å². The Morgan fingerprint density at radius 1 is 1.10 bits per heavy atom. The fourth-order valence-corrected chi connectivity index (χ4v) is 3.00. The van der Waals surface area contributed by atoms with Crippen molar-refractivity contribution < 1.29 is 40.7 Å². The summed E-state index contributed by atoms with van der Waals surface area (Å²) >= 11 is 0. The topological polar surface area (TPSA) is 88.2 Å². The lowest BCUT2D eigenvalue weighted by atomic mass is 10.1. The van der Waals surface area contributed by atoms with E-state index in [2.05, 4.69) is 4.98 Å². The van der Waals surface area contributed by atoms with E-state index in [1.54, 1.807) is 0 Å². The predicted octanol–water partition coefficient (Wildman–Crippen LogP) is 4.53. The van der Waals surface area contributed by atoms with Crippen LogP contribution in [-0.4, -0.2) is 20.6 Å². The molecule has 0 spiro atoms. The molecule has 0 radical (unpaired) electrons. The van der Waals surface area contributed by atoms with E-state index in [0.29, 0.717) is 0 Å². The highest BCUT2D eigenvalue weighted by Crippen LogP contribution is 2.37. The van der Waals surface area contributed by atoms with E-state index in [-0.39, 0.29) is 17.0 Å². The standard InChI is InChI=1S/C18H12F6N2O4/c1-8-13(15(27)28)14(18(22,23)24)11(25-8)6-26-7-12(30-16(26)29)9-2-4-10(5-3-9)17(19,20)21/h2-5,7,25H,6H2,1H3,(H,27,28). The molecule has 160 valence electrons. The van der Waals surface area contributed by atoms with E-state index >= 15 is 0 Å². The van der Waals surface area contributed by atoms with Crippen molar-refractivity contribution in [1.29, 1.82) is 0 Å². The molecular formula is C18H12F6N2O4. The number of alkyl halides is 6. The number of oxazole rings is 1. The molecule has 12 heteroatoms. The van der Waals surface area contributed by atoms with Crippen molar-refractivity contribution in [1.82, 2.24) is 9.55 Å². The number of H-pyrrole nitrogens is 1. The highest BCUT2D eigenvalue weighted by Gasteiger charge is 2.41. The van der Waals surface area contributed by atoms with Crippen molar-refractivity contribution in [2.45, 2.75) is 25.8 Å². The third-order valence-electron chi connectivity index (χ3n) is 4.29. The molecule has 3 rings (SSSR count). The zero-order valence-electron chi connectivity index (χ0n) is 15.0. The van der Waals surface area contributed by atoms with Crippen LogP contribution < -0.4 is 5.76 Å². The lowest BCUT2D eigenvalue weighted by molar-refractivity contribution is -0.139. The molecule has 0 saturated heterocycles. The molecular weight excluding hydrogens is 422 g/mol. The number of aromatic amines is 1. The summed E-state index contributed by atoms with van der Waals surface area (Å²) in [5.74, 6) is -3.02. The Balaban J connectivity index is 1.99. The molecule has 3 aromatic rings. The number of carbonyl (C=O) groups is 1. The molecule has 0 aliphatic heterocycles. The molecule has 2 aromatic heterocycles. The van der Waals surface area contributed by atoms with Crippen molar-refractivity contribution >= 4 is 5.97 Å². The van der Waals surface area contributed by atoms with Crippen LogP contribution in [0.5, 0.6) is 0 Å². The van der Waals surface area contributed by atoms with Crippen molar-refractivity contribution in [3.63, 3.8) is 0 Å². The van der Waals surface area contributed by atoms with Crippen molar-refractivity contribution in [2.75, 3.05) is 0 Å². The third kappa shape index (κ3) is 3.98. The van der Waals surface area contributed by atoms with Gasteiger partial charge in [0.05, 0.1) is 29.4 Å². The number of aromatic nitrogens is 2. The highest BCUT2D eigenvalue weighted by molar-refractivity contribution is 5.91. The lowest BCUT2D eigenvalue weighted by Crippen LogP contribution is -2.18. The minimum Gasteiger partial charge on any atom is -0.478 e. The Hall–Kier alpha value is -3.44. The molecule has 30 heavy (non-hydrogen) atoms. The van der Waals surface area contributed by atoms with E-state index in [1.807, 2.05) is 0 Å². The van der Waals surface area contributed by atoms with E-state index in [0.717, 1.165) is 42.0 Å². The molecule has 0 aliphatic rings. The molecule has 0 unspecified atom stereocenters. The Labute approximate surface area is 163 Å². The smallest absolute Gasteiger partial charge is 0.419 e. The van der Waals surface area contributed by atoms with Crippen molar-refractivity contribution in [2.24, 2.45) is 0 Å². The summed E-state index contributed by atoms with van der Waals surface area (Å²) in [6.45, 7) is 0.458. The second-order valence-electron chi connectivity index (χ2n) is 6.35. The second kappa shape index (κ2) is 7.11. The number of aryl methyl sites for hydroxylation is 1. The fourth-order valence-electron chi connectivity index (χ4n) is 3.00. The van der Waals surface area contributed by atoms with E-state index < -0.39 is 53.0 Å². The average Bonchev–Trinajstić information content (AvgIpc) is 3.14. The molecule has 2 heterocycles. The molecule has 0 bridgehead atoms. The first-order chi connectivity index (χ1) is 13.8. The number of carboxylic acids is 1. The second-order valence-corrected chi connectivity index (χ2v) is 6.35. The van der Waals surface area contributed by atoms with Gasteiger partial charge in [-0.2, -0.15) is 26.3 Å². The fraction of sp³-hybridized carbons (Fsp3) is 0.222. The molecule has 6 nitrogen and oxygen atoms in total. The summed E-state index contributed by atoms with van der Waals surface area (Å²) in [5, 5.41) is 9.09. The first kappa shape index (κ1) is 21.3. The maximum atomic E-state index is 13.4. The molecule has 2 N–H and O–H groups in total. The van der Waals surface area contributed by atoms with Gasteiger partial charge in [-0.1, -0.05) is 12.1 Å². The van der Waals surface area contributed by atoms with Crippen LogP contribution in [0.15, 0.2) is 39.7 Å². The molecule has 0 amide bonds. The van der Waals surface area contributed by atoms with Crippen LogP contribution in [0.25, 0.3) is 11.3 Å². The summed E-state index contributed by atoms with van der Waals surface area (Å²) < 4.78 is 83.8. The number of rotatable bonds is 4. The van der Waals surface area contributed by atoms with Crippen LogP contribution in [0.3, 0.4) is 0 Å². The van der Waals surface area contributed by atoms with Gasteiger partial charge < -0.3 is 14.5 Å². The Morgan fingerprint density at radius 2 is 1.70 bits per heavy atom. The number of halogens is 6. The van der Waals surface area contributed by atoms with Crippen LogP contribution in [0, 0.1) is 6.92 Å². The lowest BCUT2D eigenvalue weighted by Gasteiger charge is -2.09. The zero-order chi connectivity index (χ0) is 22.4. The molecule has 0 saturated carbocycles. The average molecular weight is 434 g/mol. The first-order valence-corrected chi connectivity index (χ1v) is 8.19. The SMILES string of the molecule is Cc1[nH]c(Cn2cc(-c3ccc(C(F)(F)F)cc3)oc2=O)c(C(F)(F)F)c1C(=O)O. The van der Waals surface area contributed by atoms with Gasteiger partial charge in [0, 0.05) is 17.0 Å². The van der Waals surface area contributed by atoms with Crippen molar-refractivity contribution in [3.05, 3.63) is 69.1 Å². The summed E-state index contributed by atoms with van der Waals surface area (Å²) in [4.78, 5) is 25.6. The molecule has 0 atom stereocenters. The van der Waals surface area contributed by atoms with Crippen LogP contribution in [0.2, 0.25) is 0 Å². The van der Waals surface area contributed by atoms with Crippen LogP contribution in [0.1, 0.15) is 32.9 Å². The highest BCUT2D eigenvalue weighted by atomic mass is 19.4. The first-order valence-electron chi connectivity index (χ1n) is 8.19. The number of hydrogen-bond donors (Lipinski definition) is 2. The van der Waals surface area contributed by atoms with Gasteiger partial charge in [-0.15, -0.1) is 0 Å².